The van der Waals surface area contributed by atoms with Gasteiger partial charge in [-0.1, -0.05) is 28.9 Å². The third-order valence-corrected chi connectivity index (χ3v) is 2.45. The molecule has 0 radical (unpaired) electrons. The Balaban J connectivity index is 2.30. The zero-order chi connectivity index (χ0) is 12.3. The van der Waals surface area contributed by atoms with E-state index in [-0.39, 0.29) is 5.69 Å². The van der Waals surface area contributed by atoms with E-state index < -0.39 is 12.6 Å². The summed E-state index contributed by atoms with van der Waals surface area (Å²) in [4.78, 5) is 11.3. The van der Waals surface area contributed by atoms with E-state index in [1.807, 2.05) is 0 Å². The van der Waals surface area contributed by atoms with E-state index in [0.717, 1.165) is 0 Å². The first-order chi connectivity index (χ1) is 8.22. The van der Waals surface area contributed by atoms with Crippen LogP contribution < -0.4 is 5.32 Å². The van der Waals surface area contributed by atoms with Crippen LogP contribution in [0, 0.1) is 0 Å². The molecule has 1 aromatic carbocycles. The summed E-state index contributed by atoms with van der Waals surface area (Å²) in [6.07, 6.45) is 0. The molecule has 1 aromatic heterocycles. The van der Waals surface area contributed by atoms with Crippen LogP contribution in [-0.2, 0) is 0 Å². The maximum absolute atomic E-state index is 11.3. The van der Waals surface area contributed by atoms with Crippen LogP contribution in [-0.4, -0.2) is 22.9 Å². The molecule has 0 saturated carbocycles. The number of rotatable bonds is 3. The molecule has 0 aliphatic heterocycles. The summed E-state index contributed by atoms with van der Waals surface area (Å²) in [7, 11) is 0. The number of aromatic nitrogens is 1. The molecule has 0 fully saturated rings. The Bertz CT molecular complexity index is 539. The maximum Gasteiger partial charge on any atom is 0.275 e. The summed E-state index contributed by atoms with van der Waals surface area (Å²) < 4.78 is 5.02. The molecule has 0 spiro atoms. The van der Waals surface area contributed by atoms with Gasteiger partial charge in [-0.2, -0.15) is 0 Å². The number of halogens is 1. The van der Waals surface area contributed by atoms with Crippen molar-refractivity contribution in [1.29, 1.82) is 0 Å². The predicted molar refractivity (Wildman–Crippen MR) is 61.5 cm³/mol. The highest BCUT2D eigenvalue weighted by molar-refractivity contribution is 6.33. The molecule has 0 aliphatic carbocycles. The van der Waals surface area contributed by atoms with Gasteiger partial charge in [0.1, 0.15) is 6.73 Å². The first-order valence-corrected chi connectivity index (χ1v) is 5.21. The van der Waals surface area contributed by atoms with E-state index in [4.69, 9.17) is 21.2 Å². The fraction of sp³-hybridized carbons (Fsp3) is 0.0909. The SMILES string of the molecule is O=C(NCO)c1cc(-c2ccccc2Cl)on1. The van der Waals surface area contributed by atoms with Gasteiger partial charge in [0.15, 0.2) is 11.5 Å². The monoisotopic (exact) mass is 252 g/mol. The van der Waals surface area contributed by atoms with Crippen molar-refractivity contribution < 1.29 is 14.4 Å². The molecule has 17 heavy (non-hydrogen) atoms. The van der Waals surface area contributed by atoms with Crippen molar-refractivity contribution in [3.05, 3.63) is 41.0 Å². The number of benzene rings is 1. The molecule has 0 aliphatic rings. The molecule has 5 nitrogen and oxygen atoms in total. The molecule has 0 unspecified atom stereocenters. The molecule has 1 amide bonds. The third kappa shape index (κ3) is 2.46. The van der Waals surface area contributed by atoms with Crippen LogP contribution in [0.15, 0.2) is 34.9 Å². The van der Waals surface area contributed by atoms with Crippen LogP contribution in [0.2, 0.25) is 5.02 Å². The first kappa shape index (κ1) is 11.6. The summed E-state index contributed by atoms with van der Waals surface area (Å²) in [6, 6.07) is 8.54. The Morgan fingerprint density at radius 1 is 1.47 bits per heavy atom. The van der Waals surface area contributed by atoms with E-state index >= 15 is 0 Å². The highest BCUT2D eigenvalue weighted by Gasteiger charge is 2.14. The number of carbonyl (C=O) groups is 1. The quantitative estimate of drug-likeness (QED) is 0.815. The Hall–Kier alpha value is -1.85. The van der Waals surface area contributed by atoms with Crippen molar-refractivity contribution in [2.45, 2.75) is 0 Å². The molecular formula is C11H9ClN2O3. The van der Waals surface area contributed by atoms with E-state index in [2.05, 4.69) is 10.5 Å². The summed E-state index contributed by atoms with van der Waals surface area (Å²) >= 11 is 5.98. The number of hydrogen-bond donors (Lipinski definition) is 2. The van der Waals surface area contributed by atoms with Crippen molar-refractivity contribution in [2.75, 3.05) is 6.73 Å². The lowest BCUT2D eigenvalue weighted by Gasteiger charge is -1.97. The van der Waals surface area contributed by atoms with Gasteiger partial charge >= 0.3 is 0 Å². The normalized spacial score (nSPS) is 10.2. The van der Waals surface area contributed by atoms with Gasteiger partial charge in [-0.25, -0.2) is 0 Å². The van der Waals surface area contributed by atoms with E-state index in [9.17, 15) is 4.79 Å². The third-order valence-electron chi connectivity index (χ3n) is 2.12. The van der Waals surface area contributed by atoms with Crippen molar-refractivity contribution in [2.24, 2.45) is 0 Å². The van der Waals surface area contributed by atoms with Gasteiger partial charge in [0.25, 0.3) is 5.91 Å². The predicted octanol–water partition coefficient (Wildman–Crippen LogP) is 1.67. The van der Waals surface area contributed by atoms with Crippen LogP contribution in [0.3, 0.4) is 0 Å². The smallest absolute Gasteiger partial charge is 0.275 e. The molecule has 6 heteroatoms. The maximum atomic E-state index is 11.3. The van der Waals surface area contributed by atoms with Crippen LogP contribution >= 0.6 is 11.6 Å². The minimum absolute atomic E-state index is 0.0916. The van der Waals surface area contributed by atoms with Crippen LogP contribution in [0.25, 0.3) is 11.3 Å². The highest BCUT2D eigenvalue weighted by atomic mass is 35.5. The Labute approximate surface area is 102 Å². The lowest BCUT2D eigenvalue weighted by atomic mass is 10.1. The average Bonchev–Trinajstić information content (AvgIpc) is 2.79. The van der Waals surface area contributed by atoms with E-state index in [1.165, 1.54) is 6.07 Å². The zero-order valence-corrected chi connectivity index (χ0v) is 9.44. The standard InChI is InChI=1S/C11H9ClN2O3/c12-8-4-2-1-3-7(8)10-5-9(14-17-10)11(16)13-6-15/h1-5,15H,6H2,(H,13,16). The number of nitrogens with zero attached hydrogens (tertiary/aromatic N) is 1. The summed E-state index contributed by atoms with van der Waals surface area (Å²) in [5, 5.41) is 14.9. The fourth-order valence-corrected chi connectivity index (χ4v) is 1.56. The van der Waals surface area contributed by atoms with Gasteiger partial charge in [0.05, 0.1) is 5.02 Å². The van der Waals surface area contributed by atoms with Gasteiger partial charge in [-0.3, -0.25) is 4.79 Å². The van der Waals surface area contributed by atoms with Crippen molar-refractivity contribution in [3.63, 3.8) is 0 Å². The molecule has 0 atom stereocenters. The average molecular weight is 253 g/mol. The Morgan fingerprint density at radius 2 is 2.24 bits per heavy atom. The van der Waals surface area contributed by atoms with Gasteiger partial charge in [0, 0.05) is 11.6 Å². The molecule has 2 aromatic rings. The molecule has 1 heterocycles. The second-order valence-corrected chi connectivity index (χ2v) is 3.63. The summed E-state index contributed by atoms with van der Waals surface area (Å²) in [5.41, 5.74) is 0.749. The zero-order valence-electron chi connectivity index (χ0n) is 8.68. The Morgan fingerprint density at radius 3 is 2.94 bits per heavy atom. The molecule has 0 saturated heterocycles. The molecular weight excluding hydrogens is 244 g/mol. The minimum atomic E-state index is -0.505. The molecule has 0 bridgehead atoms. The van der Waals surface area contributed by atoms with Crippen molar-refractivity contribution in [1.82, 2.24) is 10.5 Å². The van der Waals surface area contributed by atoms with Crippen LogP contribution in [0.1, 0.15) is 10.5 Å². The van der Waals surface area contributed by atoms with Gasteiger partial charge in [-0.05, 0) is 12.1 Å². The minimum Gasteiger partial charge on any atom is -0.376 e. The van der Waals surface area contributed by atoms with Crippen molar-refractivity contribution in [3.8, 4) is 11.3 Å². The lowest BCUT2D eigenvalue weighted by molar-refractivity contribution is 0.0901. The van der Waals surface area contributed by atoms with E-state index in [1.54, 1.807) is 24.3 Å². The van der Waals surface area contributed by atoms with Gasteiger partial charge in [0.2, 0.25) is 0 Å². The number of aliphatic hydroxyl groups is 1. The number of amides is 1. The number of carbonyl (C=O) groups excluding carboxylic acids is 1. The molecule has 88 valence electrons. The largest absolute Gasteiger partial charge is 0.376 e. The lowest BCUT2D eigenvalue weighted by Crippen LogP contribution is -2.24. The second-order valence-electron chi connectivity index (χ2n) is 3.22. The van der Waals surface area contributed by atoms with Gasteiger partial charge in [-0.15, -0.1) is 0 Å². The summed E-state index contributed by atoms with van der Waals surface area (Å²) in [6.45, 7) is -0.451. The molecule has 2 N–H and O–H groups in total. The Kier molecular flexibility index (Phi) is 3.41. The highest BCUT2D eigenvalue weighted by Crippen LogP contribution is 2.27. The number of aliphatic hydroxyl groups excluding tert-OH is 1. The first-order valence-electron chi connectivity index (χ1n) is 4.83. The van der Waals surface area contributed by atoms with Gasteiger partial charge < -0.3 is 14.9 Å². The van der Waals surface area contributed by atoms with Crippen LogP contribution in [0.5, 0.6) is 0 Å². The van der Waals surface area contributed by atoms with Crippen LogP contribution in [0.4, 0.5) is 0 Å². The number of nitrogens with one attached hydrogen (secondary N) is 1. The summed E-state index contributed by atoms with van der Waals surface area (Å²) in [5.74, 6) is -0.103. The van der Waals surface area contributed by atoms with Crippen molar-refractivity contribution >= 4 is 17.5 Å². The number of hydrogen-bond acceptors (Lipinski definition) is 4. The topological polar surface area (TPSA) is 75.4 Å². The fourth-order valence-electron chi connectivity index (χ4n) is 1.33. The second kappa shape index (κ2) is 4.99. The molecule has 2 rings (SSSR count). The van der Waals surface area contributed by atoms with E-state index in [0.29, 0.717) is 16.3 Å².